The summed E-state index contributed by atoms with van der Waals surface area (Å²) in [7, 11) is -3.69. The molecular weight excluding hydrogens is 319 g/mol. The van der Waals surface area contributed by atoms with Crippen molar-refractivity contribution in [2.75, 3.05) is 19.5 Å². The fourth-order valence-electron chi connectivity index (χ4n) is 1.61. The molecule has 1 atom stereocenters. The Kier molecular flexibility index (Phi) is 6.78. The average Bonchev–Trinajstić information content (AvgIpc) is 2.36. The van der Waals surface area contributed by atoms with Gasteiger partial charge in [0.15, 0.2) is 5.85 Å². The van der Waals surface area contributed by atoms with E-state index in [0.717, 1.165) is 6.26 Å². The molecule has 1 rings (SSSR count). The van der Waals surface area contributed by atoms with Crippen LogP contribution in [0.25, 0.3) is 0 Å². The lowest BCUT2D eigenvalue weighted by Gasteiger charge is -2.29. The Morgan fingerprint density at radius 1 is 1.15 bits per heavy atom. The largest absolute Gasteiger partial charge is 0.328 e. The molecule has 0 saturated carbocycles. The molecule has 0 aliphatic carbocycles. The molecule has 0 fully saturated rings. The first kappa shape index (κ1) is 17.8. The van der Waals surface area contributed by atoms with Crippen LogP contribution in [0.15, 0.2) is 30.3 Å². The van der Waals surface area contributed by atoms with Gasteiger partial charge >= 0.3 is 0 Å². The Hall–Kier alpha value is -0.300. The third-order valence-electron chi connectivity index (χ3n) is 2.26. The van der Waals surface area contributed by atoms with Crippen molar-refractivity contribution in [1.29, 1.82) is 0 Å². The van der Waals surface area contributed by atoms with Gasteiger partial charge in [-0.15, -0.1) is 0 Å². The summed E-state index contributed by atoms with van der Waals surface area (Å²) >= 11 is 5.45. The number of hydrogen-bond acceptors (Lipinski definition) is 6. The molecule has 0 aliphatic heterocycles. The maximum Gasteiger partial charge on any atom is 0.265 e. The normalized spacial score (nSPS) is 14.2. The summed E-state index contributed by atoms with van der Waals surface area (Å²) < 4.78 is 39.3. The van der Waals surface area contributed by atoms with Crippen LogP contribution >= 0.6 is 6.49 Å². The quantitative estimate of drug-likeness (QED) is 0.536. The van der Waals surface area contributed by atoms with Crippen molar-refractivity contribution < 1.29 is 21.6 Å². The van der Waals surface area contributed by atoms with E-state index in [1.807, 2.05) is 6.07 Å². The highest BCUT2D eigenvalue weighted by molar-refractivity contribution is 8.10. The number of rotatable bonds is 8. The zero-order valence-electron chi connectivity index (χ0n) is 11.7. The zero-order valence-corrected chi connectivity index (χ0v) is 14.2. The van der Waals surface area contributed by atoms with Crippen LogP contribution in [0.2, 0.25) is 0 Å². The number of benzene rings is 1. The highest BCUT2D eigenvalue weighted by Gasteiger charge is 2.35. The van der Waals surface area contributed by atoms with Crippen LogP contribution in [-0.4, -0.2) is 27.9 Å². The summed E-state index contributed by atoms with van der Waals surface area (Å²) in [5, 5.41) is 0. The lowest BCUT2D eigenvalue weighted by atomic mass is 10.2. The van der Waals surface area contributed by atoms with Gasteiger partial charge in [-0.3, -0.25) is 4.18 Å². The molecule has 0 bridgehead atoms. The van der Waals surface area contributed by atoms with Gasteiger partial charge in [0, 0.05) is 0 Å². The molecule has 0 heterocycles. The van der Waals surface area contributed by atoms with Crippen molar-refractivity contribution in [3.8, 4) is 0 Å². The van der Waals surface area contributed by atoms with Crippen LogP contribution in [0.1, 0.15) is 25.3 Å². The van der Waals surface area contributed by atoms with E-state index >= 15 is 0 Å². The molecule has 0 aromatic heterocycles. The minimum Gasteiger partial charge on any atom is -0.328 e. The minimum atomic E-state index is -3.69. The molecule has 1 aromatic carbocycles. The van der Waals surface area contributed by atoms with Crippen LogP contribution in [0.4, 0.5) is 0 Å². The van der Waals surface area contributed by atoms with E-state index in [4.69, 9.17) is 25.0 Å². The van der Waals surface area contributed by atoms with Crippen LogP contribution in [0.3, 0.4) is 0 Å². The van der Waals surface area contributed by atoms with Crippen molar-refractivity contribution >= 4 is 28.4 Å². The second-order valence-electron chi connectivity index (χ2n) is 3.94. The third-order valence-corrected chi connectivity index (χ3v) is 6.36. The molecule has 0 spiro atoms. The second kappa shape index (κ2) is 7.64. The van der Waals surface area contributed by atoms with Gasteiger partial charge in [0.1, 0.15) is 0 Å². The molecule has 8 heteroatoms. The molecule has 0 radical (unpaired) electrons. The summed E-state index contributed by atoms with van der Waals surface area (Å²) in [6.45, 7) is 1.30. The summed E-state index contributed by atoms with van der Waals surface area (Å²) in [5.74, 6) is -0.936. The first-order chi connectivity index (χ1) is 9.32. The predicted molar refractivity (Wildman–Crippen MR) is 82.6 cm³/mol. The molecule has 0 saturated heterocycles. The van der Waals surface area contributed by atoms with E-state index < -0.39 is 22.5 Å². The van der Waals surface area contributed by atoms with Crippen LogP contribution in [0, 0.1) is 0 Å². The van der Waals surface area contributed by atoms with E-state index in [-0.39, 0.29) is 0 Å². The molecule has 114 valence electrons. The summed E-state index contributed by atoms with van der Waals surface area (Å²) in [4.78, 5) is 0. The van der Waals surface area contributed by atoms with Gasteiger partial charge in [-0.2, -0.15) is 8.42 Å². The van der Waals surface area contributed by atoms with Gasteiger partial charge in [0.2, 0.25) is 6.49 Å². The molecule has 1 aromatic rings. The standard InChI is InChI=1S/C12H19O5PS2/c1-4-15-18(19,16-5-2)12(17-20(3,13)14)11-9-7-6-8-10-11/h6-10,12H,4-5H2,1-3H3. The fraction of sp³-hybridized carbons (Fsp3) is 0.500. The van der Waals surface area contributed by atoms with Crippen molar-refractivity contribution in [3.05, 3.63) is 35.9 Å². The predicted octanol–water partition coefficient (Wildman–Crippen LogP) is 3.04. The molecule has 0 amide bonds. The highest BCUT2D eigenvalue weighted by atomic mass is 32.5. The fourth-order valence-corrected chi connectivity index (χ4v) is 5.86. The molecule has 1 unspecified atom stereocenters. The maximum atomic E-state index is 11.5. The Morgan fingerprint density at radius 3 is 2.05 bits per heavy atom. The SMILES string of the molecule is CCOP(=S)(OCC)C(OS(C)(=O)=O)c1ccccc1. The summed E-state index contributed by atoms with van der Waals surface area (Å²) in [6.07, 6.45) is 0.987. The van der Waals surface area contributed by atoms with Gasteiger partial charge in [0.25, 0.3) is 10.1 Å². The van der Waals surface area contributed by atoms with Crippen molar-refractivity contribution in [1.82, 2.24) is 0 Å². The van der Waals surface area contributed by atoms with Gasteiger partial charge < -0.3 is 9.05 Å². The lowest BCUT2D eigenvalue weighted by Crippen LogP contribution is -2.14. The van der Waals surface area contributed by atoms with Crippen LogP contribution in [0.5, 0.6) is 0 Å². The van der Waals surface area contributed by atoms with Gasteiger partial charge in [0.05, 0.1) is 19.5 Å². The third kappa shape index (κ3) is 5.24. The smallest absolute Gasteiger partial charge is 0.265 e. The lowest BCUT2D eigenvalue weighted by molar-refractivity contribution is 0.203. The Morgan fingerprint density at radius 2 is 1.65 bits per heavy atom. The molecule has 5 nitrogen and oxygen atoms in total. The van der Waals surface area contributed by atoms with E-state index in [1.54, 1.807) is 38.1 Å². The van der Waals surface area contributed by atoms with E-state index in [0.29, 0.717) is 18.8 Å². The van der Waals surface area contributed by atoms with Crippen molar-refractivity contribution in [2.24, 2.45) is 0 Å². The summed E-state index contributed by atoms with van der Waals surface area (Å²) in [6, 6.07) is 8.88. The van der Waals surface area contributed by atoms with Crippen LogP contribution < -0.4 is 0 Å². The van der Waals surface area contributed by atoms with Crippen LogP contribution in [-0.2, 0) is 35.2 Å². The molecule has 0 aliphatic rings. The van der Waals surface area contributed by atoms with E-state index in [1.165, 1.54) is 0 Å². The Balaban J connectivity index is 3.25. The molecule has 20 heavy (non-hydrogen) atoms. The first-order valence-electron chi connectivity index (χ1n) is 6.14. The maximum absolute atomic E-state index is 11.5. The Labute approximate surface area is 125 Å². The monoisotopic (exact) mass is 338 g/mol. The summed E-state index contributed by atoms with van der Waals surface area (Å²) in [5.41, 5.74) is 0.628. The average molecular weight is 338 g/mol. The topological polar surface area (TPSA) is 61.8 Å². The van der Waals surface area contributed by atoms with Gasteiger partial charge in [-0.25, -0.2) is 0 Å². The van der Waals surface area contributed by atoms with Crippen molar-refractivity contribution in [2.45, 2.75) is 19.7 Å². The van der Waals surface area contributed by atoms with E-state index in [9.17, 15) is 8.42 Å². The second-order valence-corrected chi connectivity index (χ2v) is 9.13. The first-order valence-corrected chi connectivity index (χ1v) is 10.7. The Bertz CT molecular complexity index is 548. The van der Waals surface area contributed by atoms with Gasteiger partial charge in [-0.1, -0.05) is 30.3 Å². The zero-order chi connectivity index (χ0) is 15.2. The van der Waals surface area contributed by atoms with Gasteiger partial charge in [-0.05, 0) is 31.2 Å². The highest BCUT2D eigenvalue weighted by Crippen LogP contribution is 2.62. The number of hydrogen-bond donors (Lipinski definition) is 0. The molecular formula is C12H19O5PS2. The molecule has 0 N–H and O–H groups in total. The minimum absolute atomic E-state index is 0.327. The van der Waals surface area contributed by atoms with Crippen molar-refractivity contribution in [3.63, 3.8) is 0 Å². The van der Waals surface area contributed by atoms with E-state index in [2.05, 4.69) is 0 Å².